The molecule has 20 heavy (non-hydrogen) atoms. The van der Waals surface area contributed by atoms with Crippen LogP contribution in [0.25, 0.3) is 0 Å². The van der Waals surface area contributed by atoms with E-state index in [4.69, 9.17) is 9.15 Å². The Morgan fingerprint density at radius 2 is 1.75 bits per heavy atom. The molecule has 106 valence electrons. The van der Waals surface area contributed by atoms with Crippen LogP contribution in [-0.2, 0) is 6.54 Å². The highest BCUT2D eigenvalue weighted by Crippen LogP contribution is 2.25. The van der Waals surface area contributed by atoms with E-state index in [9.17, 15) is 0 Å². The highest BCUT2D eigenvalue weighted by molar-refractivity contribution is 5.29. The zero-order valence-corrected chi connectivity index (χ0v) is 12.0. The monoisotopic (exact) mass is 271 g/mol. The van der Waals surface area contributed by atoms with Gasteiger partial charge in [-0.15, -0.1) is 0 Å². The molecule has 1 fully saturated rings. The number of furan rings is 1. The van der Waals surface area contributed by atoms with E-state index in [1.54, 1.807) is 0 Å². The number of likely N-dealkylation sites (tertiary alicyclic amines) is 1. The minimum Gasteiger partial charge on any atom is -0.429 e. The molecule has 3 heteroatoms. The van der Waals surface area contributed by atoms with Crippen LogP contribution in [0.5, 0.6) is 11.7 Å². The fourth-order valence-electron chi connectivity index (χ4n) is 2.56. The molecule has 0 aliphatic carbocycles. The van der Waals surface area contributed by atoms with Crippen LogP contribution >= 0.6 is 0 Å². The summed E-state index contributed by atoms with van der Waals surface area (Å²) in [6.45, 7) is 5.30. The van der Waals surface area contributed by atoms with Gasteiger partial charge in [0.1, 0.15) is 11.5 Å². The molecule has 0 unspecified atom stereocenters. The van der Waals surface area contributed by atoms with Crippen molar-refractivity contribution in [1.29, 1.82) is 0 Å². The lowest BCUT2D eigenvalue weighted by Crippen LogP contribution is -2.28. The smallest absolute Gasteiger partial charge is 0.290 e. The Labute approximate surface area is 120 Å². The van der Waals surface area contributed by atoms with E-state index < -0.39 is 0 Å². The molecule has 1 aromatic heterocycles. The first kappa shape index (κ1) is 13.3. The summed E-state index contributed by atoms with van der Waals surface area (Å²) in [5, 5.41) is 0. The number of hydrogen-bond donors (Lipinski definition) is 0. The van der Waals surface area contributed by atoms with Crippen molar-refractivity contribution >= 4 is 0 Å². The molecule has 2 heterocycles. The Morgan fingerprint density at radius 1 is 1.00 bits per heavy atom. The summed E-state index contributed by atoms with van der Waals surface area (Å²) in [7, 11) is 0. The second-order valence-corrected chi connectivity index (χ2v) is 5.47. The SMILES string of the molecule is Cc1ccc(Oc2ccc(CN3CCCCC3)o2)cc1. The molecular weight excluding hydrogens is 250 g/mol. The summed E-state index contributed by atoms with van der Waals surface area (Å²) in [5.74, 6) is 2.37. The second-order valence-electron chi connectivity index (χ2n) is 5.47. The van der Waals surface area contributed by atoms with Crippen molar-refractivity contribution < 1.29 is 9.15 Å². The number of piperidine rings is 1. The summed E-state index contributed by atoms with van der Waals surface area (Å²) >= 11 is 0. The second kappa shape index (κ2) is 6.14. The normalized spacial score (nSPS) is 16.2. The van der Waals surface area contributed by atoms with Gasteiger partial charge in [-0.05, 0) is 51.1 Å². The Bertz CT molecular complexity index is 538. The molecular formula is C17H21NO2. The van der Waals surface area contributed by atoms with Gasteiger partial charge < -0.3 is 9.15 Å². The quantitative estimate of drug-likeness (QED) is 0.826. The van der Waals surface area contributed by atoms with E-state index in [-0.39, 0.29) is 0 Å². The minimum absolute atomic E-state index is 0.570. The Morgan fingerprint density at radius 3 is 2.50 bits per heavy atom. The van der Waals surface area contributed by atoms with Crippen LogP contribution in [0.4, 0.5) is 0 Å². The maximum absolute atomic E-state index is 5.76. The van der Waals surface area contributed by atoms with Crippen molar-refractivity contribution in [2.75, 3.05) is 13.1 Å². The van der Waals surface area contributed by atoms with E-state index in [1.807, 2.05) is 36.4 Å². The number of aryl methyl sites for hydroxylation is 1. The highest BCUT2D eigenvalue weighted by atomic mass is 16.6. The lowest BCUT2D eigenvalue weighted by atomic mass is 10.1. The molecule has 3 rings (SSSR count). The van der Waals surface area contributed by atoms with Gasteiger partial charge in [0.05, 0.1) is 6.54 Å². The molecule has 0 saturated carbocycles. The van der Waals surface area contributed by atoms with Gasteiger partial charge in [-0.2, -0.15) is 0 Å². The third kappa shape index (κ3) is 3.42. The van der Waals surface area contributed by atoms with E-state index in [1.165, 1.54) is 37.9 Å². The highest BCUT2D eigenvalue weighted by Gasteiger charge is 2.13. The van der Waals surface area contributed by atoms with Crippen molar-refractivity contribution in [3.8, 4) is 11.7 Å². The zero-order chi connectivity index (χ0) is 13.8. The zero-order valence-electron chi connectivity index (χ0n) is 12.0. The van der Waals surface area contributed by atoms with Gasteiger partial charge in [0.15, 0.2) is 0 Å². The van der Waals surface area contributed by atoms with Crippen LogP contribution in [-0.4, -0.2) is 18.0 Å². The third-order valence-corrected chi connectivity index (χ3v) is 3.70. The molecule has 0 N–H and O–H groups in total. The average Bonchev–Trinajstić information content (AvgIpc) is 2.90. The molecule has 1 aromatic carbocycles. The molecule has 0 atom stereocenters. The number of nitrogens with zero attached hydrogens (tertiary/aromatic N) is 1. The van der Waals surface area contributed by atoms with Crippen LogP contribution in [0.15, 0.2) is 40.8 Å². The average molecular weight is 271 g/mol. The largest absolute Gasteiger partial charge is 0.429 e. The number of ether oxygens (including phenoxy) is 1. The predicted octanol–water partition coefficient (Wildman–Crippen LogP) is 4.37. The van der Waals surface area contributed by atoms with Gasteiger partial charge in [0, 0.05) is 6.07 Å². The number of benzene rings is 1. The minimum atomic E-state index is 0.570. The van der Waals surface area contributed by atoms with Crippen molar-refractivity contribution in [1.82, 2.24) is 4.90 Å². The van der Waals surface area contributed by atoms with Crippen LogP contribution in [0.1, 0.15) is 30.6 Å². The molecule has 2 aromatic rings. The van der Waals surface area contributed by atoms with Crippen molar-refractivity contribution in [2.45, 2.75) is 32.7 Å². The number of rotatable bonds is 4. The molecule has 0 radical (unpaired) electrons. The molecule has 1 aliphatic heterocycles. The van der Waals surface area contributed by atoms with Gasteiger partial charge in [-0.25, -0.2) is 0 Å². The van der Waals surface area contributed by atoms with E-state index in [2.05, 4.69) is 11.8 Å². The van der Waals surface area contributed by atoms with Crippen LogP contribution < -0.4 is 4.74 Å². The predicted molar refractivity (Wildman–Crippen MR) is 79.1 cm³/mol. The topological polar surface area (TPSA) is 25.6 Å². The molecule has 1 aliphatic rings. The van der Waals surface area contributed by atoms with Crippen LogP contribution in [0.3, 0.4) is 0 Å². The first-order valence-corrected chi connectivity index (χ1v) is 7.35. The third-order valence-electron chi connectivity index (χ3n) is 3.70. The van der Waals surface area contributed by atoms with E-state index in [0.29, 0.717) is 5.95 Å². The summed E-state index contributed by atoms with van der Waals surface area (Å²) in [6.07, 6.45) is 3.96. The Hall–Kier alpha value is -1.74. The van der Waals surface area contributed by atoms with Crippen LogP contribution in [0.2, 0.25) is 0 Å². The van der Waals surface area contributed by atoms with Crippen molar-refractivity contribution in [3.05, 3.63) is 47.7 Å². The van der Waals surface area contributed by atoms with Gasteiger partial charge in [-0.3, -0.25) is 4.90 Å². The summed E-state index contributed by atoms with van der Waals surface area (Å²) in [6, 6.07) is 11.9. The molecule has 0 bridgehead atoms. The first-order chi connectivity index (χ1) is 9.79. The lowest BCUT2D eigenvalue weighted by Gasteiger charge is -2.25. The van der Waals surface area contributed by atoms with E-state index in [0.717, 1.165) is 18.1 Å². The summed E-state index contributed by atoms with van der Waals surface area (Å²) in [5.41, 5.74) is 1.22. The Balaban J connectivity index is 1.60. The maximum Gasteiger partial charge on any atom is 0.290 e. The van der Waals surface area contributed by atoms with Gasteiger partial charge >= 0.3 is 0 Å². The summed E-state index contributed by atoms with van der Waals surface area (Å²) in [4.78, 5) is 2.44. The van der Waals surface area contributed by atoms with Gasteiger partial charge in [0.25, 0.3) is 5.95 Å². The maximum atomic E-state index is 5.76. The molecule has 0 amide bonds. The fraction of sp³-hybridized carbons (Fsp3) is 0.412. The Kier molecular flexibility index (Phi) is 4.07. The fourth-order valence-corrected chi connectivity index (χ4v) is 2.56. The van der Waals surface area contributed by atoms with E-state index >= 15 is 0 Å². The lowest BCUT2D eigenvalue weighted by molar-refractivity contribution is 0.199. The van der Waals surface area contributed by atoms with Crippen LogP contribution in [0, 0.1) is 6.92 Å². The van der Waals surface area contributed by atoms with Gasteiger partial charge in [-0.1, -0.05) is 24.1 Å². The summed E-state index contributed by atoms with van der Waals surface area (Å²) < 4.78 is 11.5. The molecule has 3 nitrogen and oxygen atoms in total. The standard InChI is InChI=1S/C17H21NO2/c1-14-5-7-15(8-6-14)19-17-10-9-16(20-17)13-18-11-3-2-4-12-18/h5-10H,2-4,11-13H2,1H3. The van der Waals surface area contributed by atoms with Gasteiger partial charge in [0.2, 0.25) is 0 Å². The molecule has 1 saturated heterocycles. The van der Waals surface area contributed by atoms with Crippen molar-refractivity contribution in [3.63, 3.8) is 0 Å². The number of hydrogen-bond acceptors (Lipinski definition) is 3. The first-order valence-electron chi connectivity index (χ1n) is 7.35. The van der Waals surface area contributed by atoms with Crippen molar-refractivity contribution in [2.24, 2.45) is 0 Å². The molecule has 0 spiro atoms.